The molecule has 0 unspecified atom stereocenters. The summed E-state index contributed by atoms with van der Waals surface area (Å²) in [5.41, 5.74) is 6.52. The van der Waals surface area contributed by atoms with Gasteiger partial charge in [-0.2, -0.15) is 8.42 Å². The second kappa shape index (κ2) is 5.95. The highest BCUT2D eigenvalue weighted by Crippen LogP contribution is 2.35. The van der Waals surface area contributed by atoms with Gasteiger partial charge in [0.1, 0.15) is 16.2 Å². The number of imide groups is 1. The maximum Gasteiger partial charge on any atom is 0.361 e. The predicted octanol–water partition coefficient (Wildman–Crippen LogP) is 1.94. The Hall–Kier alpha value is -3.21. The van der Waals surface area contributed by atoms with Gasteiger partial charge in [-0.05, 0) is 30.2 Å². The van der Waals surface area contributed by atoms with Crippen LogP contribution in [-0.2, 0) is 19.7 Å². The average molecular weight is 378 g/mol. The number of anilines is 1. The molecule has 0 atom stereocenters. The molecule has 134 valence electrons. The van der Waals surface area contributed by atoms with Gasteiger partial charge in [0.2, 0.25) is 11.8 Å². The van der Waals surface area contributed by atoms with Crippen LogP contribution < -0.4 is 10.5 Å². The largest absolute Gasteiger partial charge is 0.421 e. The first-order chi connectivity index (χ1) is 12.1. The number of rotatable bonds is 3. The number of benzene rings is 1. The van der Waals surface area contributed by atoms with E-state index in [0.717, 1.165) is 12.1 Å². The molecule has 1 aromatic carbocycles. The number of hydrogen-bond donors (Lipinski definition) is 1. The Labute approximate surface area is 145 Å². The molecule has 12 heteroatoms. The van der Waals surface area contributed by atoms with E-state index in [1.165, 1.54) is 6.92 Å². The molecule has 0 spiro atoms. The quantitative estimate of drug-likeness (QED) is 0.212. The summed E-state index contributed by atoms with van der Waals surface area (Å²) in [5.74, 6) is -1.24. The molecule has 0 saturated carbocycles. The molecule has 1 aliphatic heterocycles. The van der Waals surface area contributed by atoms with E-state index in [-0.39, 0.29) is 35.1 Å². The summed E-state index contributed by atoms with van der Waals surface area (Å²) < 4.78 is 38.1. The van der Waals surface area contributed by atoms with Gasteiger partial charge in [-0.25, -0.2) is 9.69 Å². The third-order valence-corrected chi connectivity index (χ3v) is 4.77. The van der Waals surface area contributed by atoms with E-state index in [4.69, 9.17) is 9.95 Å². The summed E-state index contributed by atoms with van der Waals surface area (Å²) in [5, 5.41) is 3.04. The first-order valence-electron chi connectivity index (χ1n) is 7.15. The number of aryl methyl sites for hydroxylation is 1. The first-order valence-corrected chi connectivity index (χ1v) is 8.59. The van der Waals surface area contributed by atoms with E-state index in [1.807, 2.05) is 0 Å². The van der Waals surface area contributed by atoms with Crippen molar-refractivity contribution in [1.82, 2.24) is 0 Å². The Morgan fingerprint density at radius 1 is 1.23 bits per heavy atom. The number of nitrogens with zero attached hydrogens (tertiary/aromatic N) is 4. The lowest BCUT2D eigenvalue weighted by Crippen LogP contribution is -2.33. The van der Waals surface area contributed by atoms with E-state index < -0.39 is 38.1 Å². The molecule has 0 aliphatic carbocycles. The van der Waals surface area contributed by atoms with Crippen LogP contribution in [0, 0.1) is 6.92 Å². The highest BCUT2D eigenvalue weighted by molar-refractivity contribution is 7.86. The fraction of sp³-hybridized carbons (Fsp3) is 0.214. The van der Waals surface area contributed by atoms with Crippen molar-refractivity contribution in [2.75, 3.05) is 4.90 Å². The Kier molecular flexibility index (Phi) is 4.03. The van der Waals surface area contributed by atoms with Crippen LogP contribution in [0.4, 0.5) is 11.4 Å². The van der Waals surface area contributed by atoms with E-state index in [1.54, 1.807) is 0 Å². The maximum absolute atomic E-state index is 12.3. The van der Waals surface area contributed by atoms with Gasteiger partial charge in [0.25, 0.3) is 10.1 Å². The van der Waals surface area contributed by atoms with Gasteiger partial charge in [-0.15, -0.1) is 0 Å². The van der Waals surface area contributed by atoms with Crippen molar-refractivity contribution in [2.45, 2.75) is 24.7 Å². The molecule has 11 nitrogen and oxygen atoms in total. The second-order valence-electron chi connectivity index (χ2n) is 5.47. The van der Waals surface area contributed by atoms with Crippen molar-refractivity contribution in [2.24, 2.45) is 5.11 Å². The standard InChI is InChI=1S/C14H10N4O7S/c1-6-12-8(4-7(16-17-15)5-9(12)26(22,23)24)25-14(21)13(6)18-10(19)2-3-11(18)20/h4-5H,2-3H2,1H3,(H,22,23,24). The normalized spacial score (nSPS) is 14.8. The molecule has 1 fully saturated rings. The monoisotopic (exact) mass is 378 g/mol. The molecule has 26 heavy (non-hydrogen) atoms. The van der Waals surface area contributed by atoms with Crippen LogP contribution in [0.2, 0.25) is 0 Å². The van der Waals surface area contributed by atoms with E-state index in [9.17, 15) is 27.4 Å². The lowest BCUT2D eigenvalue weighted by atomic mass is 10.1. The fourth-order valence-electron chi connectivity index (χ4n) is 2.84. The Balaban J connectivity index is 2.48. The van der Waals surface area contributed by atoms with Crippen molar-refractivity contribution in [3.63, 3.8) is 0 Å². The van der Waals surface area contributed by atoms with Crippen LogP contribution in [0.1, 0.15) is 18.4 Å². The molecule has 1 saturated heterocycles. The van der Waals surface area contributed by atoms with Gasteiger partial charge in [0, 0.05) is 28.8 Å². The molecular formula is C14H10N4O7S. The minimum atomic E-state index is -4.81. The summed E-state index contributed by atoms with van der Waals surface area (Å²) in [4.78, 5) is 38.7. The van der Waals surface area contributed by atoms with Crippen LogP contribution in [0.3, 0.4) is 0 Å². The molecular weight excluding hydrogens is 368 g/mol. The van der Waals surface area contributed by atoms with Crippen molar-refractivity contribution in [3.05, 3.63) is 38.6 Å². The average Bonchev–Trinajstić information content (AvgIpc) is 2.86. The summed E-state index contributed by atoms with van der Waals surface area (Å²) in [6.07, 6.45) is -0.173. The van der Waals surface area contributed by atoms with Gasteiger partial charge in [-0.1, -0.05) is 5.11 Å². The van der Waals surface area contributed by atoms with Crippen molar-refractivity contribution in [1.29, 1.82) is 0 Å². The smallest absolute Gasteiger partial charge is 0.361 e. The Bertz CT molecular complexity index is 1180. The highest BCUT2D eigenvalue weighted by Gasteiger charge is 2.35. The molecule has 3 rings (SSSR count). The fourth-order valence-corrected chi connectivity index (χ4v) is 3.62. The van der Waals surface area contributed by atoms with Gasteiger partial charge >= 0.3 is 5.63 Å². The molecule has 1 aliphatic rings. The van der Waals surface area contributed by atoms with E-state index in [2.05, 4.69) is 10.0 Å². The summed E-state index contributed by atoms with van der Waals surface area (Å²) in [6, 6.07) is 2.00. The zero-order valence-electron chi connectivity index (χ0n) is 13.2. The number of azide groups is 1. The molecule has 2 aromatic rings. The van der Waals surface area contributed by atoms with E-state index >= 15 is 0 Å². The van der Waals surface area contributed by atoms with Crippen LogP contribution >= 0.6 is 0 Å². The third kappa shape index (κ3) is 2.71. The summed E-state index contributed by atoms with van der Waals surface area (Å²) in [6.45, 7) is 1.31. The van der Waals surface area contributed by atoms with Gasteiger partial charge in [0.15, 0.2) is 0 Å². The van der Waals surface area contributed by atoms with Crippen LogP contribution in [0.5, 0.6) is 0 Å². The second-order valence-corrected chi connectivity index (χ2v) is 6.86. The number of hydrogen-bond acceptors (Lipinski definition) is 7. The lowest BCUT2D eigenvalue weighted by molar-refractivity contribution is -0.121. The molecule has 0 radical (unpaired) electrons. The Morgan fingerprint density at radius 3 is 2.38 bits per heavy atom. The van der Waals surface area contributed by atoms with Gasteiger partial charge in [-0.3, -0.25) is 14.1 Å². The number of carbonyl (C=O) groups is 2. The molecule has 0 bridgehead atoms. The minimum Gasteiger partial charge on any atom is -0.421 e. The zero-order chi connectivity index (χ0) is 19.2. The highest BCUT2D eigenvalue weighted by atomic mass is 32.2. The maximum atomic E-state index is 12.3. The summed E-state index contributed by atoms with van der Waals surface area (Å²) in [7, 11) is -4.81. The molecule has 1 aromatic heterocycles. The van der Waals surface area contributed by atoms with Crippen LogP contribution in [-0.4, -0.2) is 24.8 Å². The molecule has 2 amide bonds. The topological polar surface area (TPSA) is 171 Å². The van der Waals surface area contributed by atoms with Crippen LogP contribution in [0.25, 0.3) is 21.4 Å². The zero-order valence-corrected chi connectivity index (χ0v) is 14.0. The lowest BCUT2D eigenvalue weighted by Gasteiger charge is -2.17. The number of fused-ring (bicyclic) bond motifs is 1. The van der Waals surface area contributed by atoms with Crippen molar-refractivity contribution in [3.8, 4) is 0 Å². The third-order valence-electron chi connectivity index (χ3n) is 3.89. The van der Waals surface area contributed by atoms with Gasteiger partial charge < -0.3 is 4.42 Å². The summed E-state index contributed by atoms with van der Waals surface area (Å²) >= 11 is 0. The SMILES string of the molecule is Cc1c(N2C(=O)CCC2=O)c(=O)oc2cc(N=[N+]=[N-])cc(S(=O)(=O)O)c12. The van der Waals surface area contributed by atoms with Crippen molar-refractivity contribution < 1.29 is 27.0 Å². The molecule has 2 heterocycles. The number of carbonyl (C=O) groups excluding carboxylic acids is 2. The first kappa shape index (κ1) is 17.6. The van der Waals surface area contributed by atoms with Crippen LogP contribution in [0.15, 0.2) is 31.4 Å². The minimum absolute atomic E-state index is 0.0417. The predicted molar refractivity (Wildman–Crippen MR) is 87.6 cm³/mol. The molecule has 1 N–H and O–H groups in total. The van der Waals surface area contributed by atoms with Gasteiger partial charge in [0.05, 0.1) is 0 Å². The Morgan fingerprint density at radius 2 is 1.85 bits per heavy atom. The number of amides is 2. The van der Waals surface area contributed by atoms with Crippen molar-refractivity contribution >= 4 is 44.3 Å². The van der Waals surface area contributed by atoms with E-state index in [0.29, 0.717) is 4.90 Å².